The van der Waals surface area contributed by atoms with E-state index in [1.807, 2.05) is 0 Å². The molecule has 3 N–H and O–H groups in total. The maximum absolute atomic E-state index is 8.78. The second-order valence-electron chi connectivity index (χ2n) is 2.18. The van der Waals surface area contributed by atoms with Gasteiger partial charge in [-0.05, 0) is 6.42 Å². The van der Waals surface area contributed by atoms with Gasteiger partial charge in [0, 0.05) is 12.6 Å². The van der Waals surface area contributed by atoms with Crippen LogP contribution in [0.15, 0.2) is 0 Å². The summed E-state index contributed by atoms with van der Waals surface area (Å²) < 4.78 is 0. The van der Waals surface area contributed by atoms with Gasteiger partial charge in [0.1, 0.15) is 0 Å². The first kappa shape index (κ1) is 6.01. The molecule has 1 aliphatic heterocycles. The molecule has 3 nitrogen and oxygen atoms in total. The van der Waals surface area contributed by atoms with Gasteiger partial charge in [0.2, 0.25) is 0 Å². The molecule has 0 aliphatic carbocycles. The molecule has 1 aliphatic rings. The second-order valence-corrected chi connectivity index (χ2v) is 2.18. The van der Waals surface area contributed by atoms with Crippen molar-refractivity contribution in [2.45, 2.75) is 18.6 Å². The van der Waals surface area contributed by atoms with Gasteiger partial charge in [-0.15, -0.1) is 0 Å². The molecular weight excluding hydrogens is 106 g/mol. The lowest BCUT2D eigenvalue weighted by atomic mass is 10.2. The highest BCUT2D eigenvalue weighted by Crippen LogP contribution is 2.05. The maximum atomic E-state index is 8.78. The largest absolute Gasteiger partial charge is 0.394 e. The fraction of sp³-hybridized carbons (Fsp3) is 1.00. The molecule has 1 heterocycles. The molecule has 0 aromatic rings. The third kappa shape index (κ3) is 1.78. The summed E-state index contributed by atoms with van der Waals surface area (Å²) in [7, 11) is 0. The zero-order chi connectivity index (χ0) is 5.98. The van der Waals surface area contributed by atoms with Crippen LogP contribution >= 0.6 is 0 Å². The number of aliphatic hydroxyl groups excluding tert-OH is 2. The van der Waals surface area contributed by atoms with E-state index in [1.54, 1.807) is 0 Å². The standard InChI is InChI=1S/C5H11NO2/c7-3-5(8)1-4-2-6-4/h4-8H,1-3H2. The third-order valence-electron chi connectivity index (χ3n) is 1.26. The van der Waals surface area contributed by atoms with E-state index in [2.05, 4.69) is 5.32 Å². The van der Waals surface area contributed by atoms with Crippen molar-refractivity contribution in [3.63, 3.8) is 0 Å². The number of hydrogen-bond donors (Lipinski definition) is 3. The predicted octanol–water partition coefficient (Wildman–Crippen LogP) is -1.30. The Kier molecular flexibility index (Phi) is 1.83. The topological polar surface area (TPSA) is 62.4 Å². The van der Waals surface area contributed by atoms with E-state index in [-0.39, 0.29) is 6.61 Å². The molecule has 1 fully saturated rings. The fourth-order valence-electron chi connectivity index (χ4n) is 0.653. The molecule has 48 valence electrons. The van der Waals surface area contributed by atoms with Crippen LogP contribution in [0.2, 0.25) is 0 Å². The van der Waals surface area contributed by atoms with Crippen LogP contribution in [-0.4, -0.2) is 35.5 Å². The lowest BCUT2D eigenvalue weighted by molar-refractivity contribution is 0.0883. The summed E-state index contributed by atoms with van der Waals surface area (Å²) >= 11 is 0. The van der Waals surface area contributed by atoms with Gasteiger partial charge in [-0.1, -0.05) is 0 Å². The van der Waals surface area contributed by atoms with Crippen LogP contribution in [0, 0.1) is 0 Å². The molecule has 3 heteroatoms. The zero-order valence-corrected chi connectivity index (χ0v) is 4.67. The van der Waals surface area contributed by atoms with Crippen molar-refractivity contribution >= 4 is 0 Å². The van der Waals surface area contributed by atoms with Crippen molar-refractivity contribution in [2.24, 2.45) is 0 Å². The Morgan fingerprint density at radius 2 is 2.38 bits per heavy atom. The smallest absolute Gasteiger partial charge is 0.0786 e. The second kappa shape index (κ2) is 2.44. The van der Waals surface area contributed by atoms with Crippen LogP contribution in [0.1, 0.15) is 6.42 Å². The Morgan fingerprint density at radius 1 is 1.75 bits per heavy atom. The first-order chi connectivity index (χ1) is 3.83. The fourth-order valence-corrected chi connectivity index (χ4v) is 0.653. The molecule has 1 saturated heterocycles. The number of hydrogen-bond acceptors (Lipinski definition) is 3. The van der Waals surface area contributed by atoms with Crippen LogP contribution < -0.4 is 5.32 Å². The maximum Gasteiger partial charge on any atom is 0.0786 e. The average molecular weight is 117 g/mol. The van der Waals surface area contributed by atoms with Crippen LogP contribution in [0.5, 0.6) is 0 Å². The number of rotatable bonds is 3. The van der Waals surface area contributed by atoms with Crippen LogP contribution in [-0.2, 0) is 0 Å². The highest BCUT2D eigenvalue weighted by atomic mass is 16.3. The van der Waals surface area contributed by atoms with E-state index in [0.29, 0.717) is 12.5 Å². The van der Waals surface area contributed by atoms with E-state index in [9.17, 15) is 0 Å². The molecule has 0 aromatic carbocycles. The van der Waals surface area contributed by atoms with Crippen LogP contribution in [0.3, 0.4) is 0 Å². The minimum Gasteiger partial charge on any atom is -0.394 e. The molecule has 0 saturated carbocycles. The van der Waals surface area contributed by atoms with E-state index in [1.165, 1.54) is 0 Å². The Balaban J connectivity index is 1.98. The van der Waals surface area contributed by atoms with E-state index < -0.39 is 6.10 Å². The van der Waals surface area contributed by atoms with Crippen molar-refractivity contribution < 1.29 is 10.2 Å². The highest BCUT2D eigenvalue weighted by molar-refractivity contribution is 4.84. The summed E-state index contributed by atoms with van der Waals surface area (Å²) in [5.74, 6) is 0. The Hall–Kier alpha value is -0.120. The monoisotopic (exact) mass is 117 g/mol. The van der Waals surface area contributed by atoms with Gasteiger partial charge in [-0.2, -0.15) is 0 Å². The van der Waals surface area contributed by atoms with E-state index in [4.69, 9.17) is 10.2 Å². The summed E-state index contributed by atoms with van der Waals surface area (Å²) in [5.41, 5.74) is 0. The molecule has 2 atom stereocenters. The van der Waals surface area contributed by atoms with Gasteiger partial charge in [-0.25, -0.2) is 0 Å². The van der Waals surface area contributed by atoms with Gasteiger partial charge in [0.15, 0.2) is 0 Å². The Labute approximate surface area is 48.3 Å². The van der Waals surface area contributed by atoms with Crippen LogP contribution in [0.4, 0.5) is 0 Å². The molecule has 0 spiro atoms. The minimum absolute atomic E-state index is 0.113. The quantitative estimate of drug-likeness (QED) is 0.403. The third-order valence-corrected chi connectivity index (χ3v) is 1.26. The summed E-state index contributed by atoms with van der Waals surface area (Å²) in [4.78, 5) is 0. The van der Waals surface area contributed by atoms with Crippen molar-refractivity contribution in [3.05, 3.63) is 0 Å². The molecule has 2 unspecified atom stereocenters. The molecule has 0 amide bonds. The van der Waals surface area contributed by atoms with Gasteiger partial charge >= 0.3 is 0 Å². The molecule has 8 heavy (non-hydrogen) atoms. The lowest BCUT2D eigenvalue weighted by Gasteiger charge is -2.01. The van der Waals surface area contributed by atoms with E-state index in [0.717, 1.165) is 6.54 Å². The SMILES string of the molecule is OCC(O)CC1CN1. The van der Waals surface area contributed by atoms with Crippen molar-refractivity contribution in [1.29, 1.82) is 0 Å². The molecular formula is C5H11NO2. The molecule has 0 radical (unpaired) electrons. The summed E-state index contributed by atoms with van der Waals surface area (Å²) in [6.45, 7) is 0.884. The normalized spacial score (nSPS) is 30.0. The van der Waals surface area contributed by atoms with Gasteiger partial charge in [0.25, 0.3) is 0 Å². The van der Waals surface area contributed by atoms with Gasteiger partial charge in [-0.3, -0.25) is 0 Å². The van der Waals surface area contributed by atoms with Crippen molar-refractivity contribution in [1.82, 2.24) is 5.32 Å². The first-order valence-electron chi connectivity index (χ1n) is 2.85. The molecule has 0 aromatic heterocycles. The zero-order valence-electron chi connectivity index (χ0n) is 4.67. The summed E-state index contributed by atoms with van der Waals surface area (Å²) in [5, 5.41) is 20.1. The highest BCUT2D eigenvalue weighted by Gasteiger charge is 2.22. The van der Waals surface area contributed by atoms with E-state index >= 15 is 0 Å². The Morgan fingerprint density at radius 3 is 2.75 bits per heavy atom. The van der Waals surface area contributed by atoms with Gasteiger partial charge in [0.05, 0.1) is 12.7 Å². The minimum atomic E-state index is -0.519. The van der Waals surface area contributed by atoms with Gasteiger partial charge < -0.3 is 15.5 Å². The Bertz CT molecular complexity index is 72.8. The lowest BCUT2D eigenvalue weighted by Crippen LogP contribution is -2.15. The summed E-state index contributed by atoms with van der Waals surface area (Å²) in [6.07, 6.45) is 0.172. The molecule has 0 bridgehead atoms. The molecule has 1 rings (SSSR count). The number of aliphatic hydroxyl groups is 2. The number of nitrogens with one attached hydrogen (secondary N) is 1. The van der Waals surface area contributed by atoms with Crippen LogP contribution in [0.25, 0.3) is 0 Å². The first-order valence-corrected chi connectivity index (χ1v) is 2.85. The van der Waals surface area contributed by atoms with Crippen molar-refractivity contribution in [2.75, 3.05) is 13.2 Å². The average Bonchev–Trinajstić information content (AvgIpc) is 2.50. The predicted molar refractivity (Wildman–Crippen MR) is 29.5 cm³/mol. The van der Waals surface area contributed by atoms with Crippen molar-refractivity contribution in [3.8, 4) is 0 Å². The summed E-state index contributed by atoms with van der Waals surface area (Å²) in [6, 6.07) is 0.470.